The van der Waals surface area contributed by atoms with E-state index in [1.54, 1.807) is 0 Å². The lowest BCUT2D eigenvalue weighted by atomic mass is 10.1. The van der Waals surface area contributed by atoms with Gasteiger partial charge < -0.3 is 9.88 Å². The van der Waals surface area contributed by atoms with Crippen molar-refractivity contribution in [3.05, 3.63) is 57.7 Å². The Hall–Kier alpha value is -1.61. The highest BCUT2D eigenvalue weighted by Gasteiger charge is 2.07. The van der Waals surface area contributed by atoms with E-state index in [-0.39, 0.29) is 5.82 Å². The summed E-state index contributed by atoms with van der Waals surface area (Å²) in [6.45, 7) is 9.48. The zero-order valence-corrected chi connectivity index (χ0v) is 13.0. The highest BCUT2D eigenvalue weighted by atomic mass is 19.1. The molecule has 0 atom stereocenters. The first-order valence-corrected chi connectivity index (χ1v) is 6.98. The fourth-order valence-electron chi connectivity index (χ4n) is 2.59. The number of halogens is 1. The lowest BCUT2D eigenvalue weighted by Gasteiger charge is -2.09. The summed E-state index contributed by atoms with van der Waals surface area (Å²) < 4.78 is 15.8. The van der Waals surface area contributed by atoms with Crippen molar-refractivity contribution in [3.63, 3.8) is 0 Å². The topological polar surface area (TPSA) is 17.0 Å². The standard InChI is InChI=1S/C17H23FN2/c1-11-6-15(7-12(2)17(11)18)9-19-10-16-8-13(3)20(5)14(16)4/h6-8,19H,9-10H2,1-5H3. The van der Waals surface area contributed by atoms with E-state index in [1.807, 2.05) is 26.0 Å². The molecular formula is C17H23FN2. The highest BCUT2D eigenvalue weighted by Crippen LogP contribution is 2.16. The van der Waals surface area contributed by atoms with Gasteiger partial charge in [-0.3, -0.25) is 0 Å². The van der Waals surface area contributed by atoms with Gasteiger partial charge in [-0.2, -0.15) is 0 Å². The third kappa shape index (κ3) is 2.93. The third-order valence-electron chi connectivity index (χ3n) is 4.02. The lowest BCUT2D eigenvalue weighted by Crippen LogP contribution is -2.13. The largest absolute Gasteiger partial charge is 0.352 e. The van der Waals surface area contributed by atoms with E-state index < -0.39 is 0 Å². The van der Waals surface area contributed by atoms with Crippen LogP contribution < -0.4 is 5.32 Å². The number of hydrogen-bond donors (Lipinski definition) is 1. The van der Waals surface area contributed by atoms with Crippen LogP contribution in [0, 0.1) is 33.5 Å². The van der Waals surface area contributed by atoms with Crippen LogP contribution in [0.25, 0.3) is 0 Å². The van der Waals surface area contributed by atoms with Crippen molar-refractivity contribution in [1.82, 2.24) is 9.88 Å². The molecule has 2 rings (SSSR count). The molecule has 3 heteroatoms. The molecule has 0 unspecified atom stereocenters. The predicted molar refractivity (Wildman–Crippen MR) is 81.3 cm³/mol. The Morgan fingerprint density at radius 3 is 2.10 bits per heavy atom. The summed E-state index contributed by atoms with van der Waals surface area (Å²) in [5, 5.41) is 3.44. The van der Waals surface area contributed by atoms with Gasteiger partial charge in [-0.15, -0.1) is 0 Å². The van der Waals surface area contributed by atoms with Gasteiger partial charge in [-0.05, 0) is 56.0 Å². The second kappa shape index (κ2) is 5.80. The highest BCUT2D eigenvalue weighted by molar-refractivity contribution is 5.31. The second-order valence-corrected chi connectivity index (χ2v) is 5.60. The van der Waals surface area contributed by atoms with Gasteiger partial charge >= 0.3 is 0 Å². The summed E-state index contributed by atoms with van der Waals surface area (Å²) in [6, 6.07) is 6.04. The van der Waals surface area contributed by atoms with Gasteiger partial charge in [-0.1, -0.05) is 12.1 Å². The van der Waals surface area contributed by atoms with E-state index in [1.165, 1.54) is 17.0 Å². The first-order chi connectivity index (χ1) is 9.40. The van der Waals surface area contributed by atoms with E-state index in [4.69, 9.17) is 0 Å². The van der Waals surface area contributed by atoms with Crippen LogP contribution in [0.2, 0.25) is 0 Å². The van der Waals surface area contributed by atoms with Crippen LogP contribution in [0.1, 0.15) is 33.6 Å². The molecule has 20 heavy (non-hydrogen) atoms. The number of rotatable bonds is 4. The summed E-state index contributed by atoms with van der Waals surface area (Å²) in [6.07, 6.45) is 0. The van der Waals surface area contributed by atoms with Crippen LogP contribution in [0.3, 0.4) is 0 Å². The Morgan fingerprint density at radius 2 is 1.60 bits per heavy atom. The van der Waals surface area contributed by atoms with Crippen LogP contribution in [0.15, 0.2) is 18.2 Å². The minimum atomic E-state index is -0.0942. The number of hydrogen-bond acceptors (Lipinski definition) is 1. The summed E-state index contributed by atoms with van der Waals surface area (Å²) >= 11 is 0. The zero-order valence-electron chi connectivity index (χ0n) is 13.0. The number of nitrogens with zero attached hydrogens (tertiary/aromatic N) is 1. The zero-order chi connectivity index (χ0) is 14.9. The molecule has 1 aromatic carbocycles. The Balaban J connectivity index is 2.01. The number of benzene rings is 1. The van der Waals surface area contributed by atoms with Crippen molar-refractivity contribution in [3.8, 4) is 0 Å². The number of nitrogens with one attached hydrogen (secondary N) is 1. The van der Waals surface area contributed by atoms with E-state index in [0.29, 0.717) is 11.1 Å². The van der Waals surface area contributed by atoms with E-state index >= 15 is 0 Å². The van der Waals surface area contributed by atoms with E-state index in [2.05, 4.69) is 36.8 Å². The van der Waals surface area contributed by atoms with Crippen molar-refractivity contribution in [2.24, 2.45) is 7.05 Å². The molecule has 1 aromatic heterocycles. The first kappa shape index (κ1) is 14.8. The molecule has 2 aromatic rings. The van der Waals surface area contributed by atoms with Crippen molar-refractivity contribution >= 4 is 0 Å². The van der Waals surface area contributed by atoms with Gasteiger partial charge in [0, 0.05) is 31.5 Å². The van der Waals surface area contributed by atoms with Gasteiger partial charge in [-0.25, -0.2) is 4.39 Å². The summed E-state index contributed by atoms with van der Waals surface area (Å²) in [4.78, 5) is 0. The molecule has 0 aliphatic rings. The molecule has 0 aliphatic heterocycles. The molecule has 1 N–H and O–H groups in total. The maximum absolute atomic E-state index is 13.6. The lowest BCUT2D eigenvalue weighted by molar-refractivity contribution is 0.606. The maximum Gasteiger partial charge on any atom is 0.129 e. The van der Waals surface area contributed by atoms with Gasteiger partial charge in [0.1, 0.15) is 5.82 Å². The molecule has 0 bridgehead atoms. The second-order valence-electron chi connectivity index (χ2n) is 5.60. The molecule has 2 nitrogen and oxygen atoms in total. The van der Waals surface area contributed by atoms with Gasteiger partial charge in [0.2, 0.25) is 0 Å². The van der Waals surface area contributed by atoms with Gasteiger partial charge in [0.25, 0.3) is 0 Å². The third-order valence-corrected chi connectivity index (χ3v) is 4.02. The Morgan fingerprint density at radius 1 is 1.00 bits per heavy atom. The van der Waals surface area contributed by atoms with Gasteiger partial charge in [0.05, 0.1) is 0 Å². The average molecular weight is 274 g/mol. The summed E-state index contributed by atoms with van der Waals surface area (Å²) in [5.74, 6) is -0.0942. The average Bonchev–Trinajstić information content (AvgIpc) is 2.63. The first-order valence-electron chi connectivity index (χ1n) is 6.98. The van der Waals surface area contributed by atoms with E-state index in [9.17, 15) is 4.39 Å². The van der Waals surface area contributed by atoms with Crippen LogP contribution in [-0.4, -0.2) is 4.57 Å². The number of aryl methyl sites for hydroxylation is 3. The van der Waals surface area contributed by atoms with Crippen molar-refractivity contribution in [2.45, 2.75) is 40.8 Å². The van der Waals surface area contributed by atoms with Crippen molar-refractivity contribution in [2.75, 3.05) is 0 Å². The minimum Gasteiger partial charge on any atom is -0.352 e. The molecule has 1 heterocycles. The van der Waals surface area contributed by atoms with Crippen LogP contribution in [0.4, 0.5) is 4.39 Å². The fraction of sp³-hybridized carbons (Fsp3) is 0.412. The molecule has 108 valence electrons. The molecule has 0 saturated heterocycles. The maximum atomic E-state index is 13.6. The molecule has 0 amide bonds. The molecule has 0 radical (unpaired) electrons. The molecule has 0 spiro atoms. The SMILES string of the molecule is Cc1cc(CNCc2cc(C)n(C)c2C)cc(C)c1F. The predicted octanol–water partition coefficient (Wildman–Crippen LogP) is 3.69. The number of aromatic nitrogens is 1. The summed E-state index contributed by atoms with van der Waals surface area (Å²) in [7, 11) is 2.08. The van der Waals surface area contributed by atoms with Gasteiger partial charge in [0.15, 0.2) is 0 Å². The smallest absolute Gasteiger partial charge is 0.129 e. The fourth-order valence-corrected chi connectivity index (χ4v) is 2.59. The van der Waals surface area contributed by atoms with Crippen LogP contribution >= 0.6 is 0 Å². The Labute approximate surface area is 120 Å². The molecule has 0 fully saturated rings. The molecular weight excluding hydrogens is 251 g/mol. The monoisotopic (exact) mass is 274 g/mol. The minimum absolute atomic E-state index is 0.0942. The molecule has 0 aliphatic carbocycles. The quantitative estimate of drug-likeness (QED) is 0.899. The Kier molecular flexibility index (Phi) is 4.29. The van der Waals surface area contributed by atoms with Crippen LogP contribution in [-0.2, 0) is 20.1 Å². The van der Waals surface area contributed by atoms with E-state index in [0.717, 1.165) is 18.7 Å². The molecule has 0 saturated carbocycles. The Bertz CT molecular complexity index is 603. The summed E-state index contributed by atoms with van der Waals surface area (Å²) in [5.41, 5.74) is 6.45. The van der Waals surface area contributed by atoms with Crippen molar-refractivity contribution < 1.29 is 4.39 Å². The normalized spacial score (nSPS) is 11.1. The van der Waals surface area contributed by atoms with Crippen LogP contribution in [0.5, 0.6) is 0 Å². The van der Waals surface area contributed by atoms with Crippen molar-refractivity contribution in [1.29, 1.82) is 0 Å².